The smallest absolute Gasteiger partial charge is 0.294 e. The molecule has 6 rings (SSSR count). The molecule has 1 aliphatic heterocycles. The van der Waals surface area contributed by atoms with E-state index in [2.05, 4.69) is 10.3 Å². The Kier molecular flexibility index (Phi) is 5.56. The summed E-state index contributed by atoms with van der Waals surface area (Å²) in [5, 5.41) is 16.5. The van der Waals surface area contributed by atoms with E-state index < -0.39 is 15.7 Å². The van der Waals surface area contributed by atoms with Crippen molar-refractivity contribution in [3.63, 3.8) is 0 Å². The molecule has 1 heterocycles. The molecular weight excluding hydrogens is 516 g/mol. The molecule has 0 aromatic heterocycles. The van der Waals surface area contributed by atoms with Gasteiger partial charge in [-0.2, -0.15) is 8.42 Å². The molecule has 0 amide bonds. The van der Waals surface area contributed by atoms with Gasteiger partial charge in [-0.3, -0.25) is 14.1 Å². The number of fused-ring (bicyclic) bond motifs is 2. The van der Waals surface area contributed by atoms with Crippen molar-refractivity contribution < 1.29 is 18.1 Å². The average Bonchev–Trinajstić information content (AvgIpc) is 2.91. The van der Waals surface area contributed by atoms with Crippen molar-refractivity contribution in [1.82, 2.24) is 4.98 Å². The van der Waals surface area contributed by atoms with Crippen molar-refractivity contribution >= 4 is 48.9 Å². The molecule has 9 heteroatoms. The first-order valence-electron chi connectivity index (χ1n) is 11.9. The van der Waals surface area contributed by atoms with Crippen LogP contribution in [-0.4, -0.2) is 23.1 Å². The summed E-state index contributed by atoms with van der Waals surface area (Å²) in [6.45, 7) is 1.55. The van der Waals surface area contributed by atoms with Gasteiger partial charge >= 0.3 is 0 Å². The highest BCUT2D eigenvalue weighted by Crippen LogP contribution is 2.28. The molecular formula is C30H20N2O6S. The fraction of sp³-hybridized carbons (Fsp3) is 0.0333. The molecule has 2 aliphatic rings. The van der Waals surface area contributed by atoms with Gasteiger partial charge in [0.1, 0.15) is 5.76 Å². The van der Waals surface area contributed by atoms with E-state index in [1.54, 1.807) is 79.7 Å². The highest BCUT2D eigenvalue weighted by molar-refractivity contribution is 7.85. The lowest BCUT2D eigenvalue weighted by Gasteiger charge is -2.14. The molecule has 192 valence electrons. The lowest BCUT2D eigenvalue weighted by atomic mass is 9.96. The summed E-state index contributed by atoms with van der Waals surface area (Å²) < 4.78 is 32.7. The van der Waals surface area contributed by atoms with Crippen LogP contribution in [0.3, 0.4) is 0 Å². The number of hydrogen-bond acceptors (Lipinski definition) is 7. The Morgan fingerprint density at radius 3 is 2.23 bits per heavy atom. The van der Waals surface area contributed by atoms with E-state index in [4.69, 9.17) is 0 Å². The minimum Gasteiger partial charge on any atom is -0.506 e. The van der Waals surface area contributed by atoms with Crippen LogP contribution in [0.1, 0.15) is 11.1 Å². The number of benzene rings is 4. The molecule has 8 nitrogen and oxygen atoms in total. The van der Waals surface area contributed by atoms with E-state index >= 15 is 0 Å². The summed E-state index contributed by atoms with van der Waals surface area (Å²) >= 11 is 0. The van der Waals surface area contributed by atoms with Gasteiger partial charge in [0.2, 0.25) is 0 Å². The van der Waals surface area contributed by atoms with Crippen LogP contribution in [0.5, 0.6) is 0 Å². The topological polar surface area (TPSA) is 134 Å². The predicted octanol–water partition coefficient (Wildman–Crippen LogP) is 4.00. The third-order valence-electron chi connectivity index (χ3n) is 6.80. The number of aliphatic hydroxyl groups is 1. The molecule has 39 heavy (non-hydrogen) atoms. The van der Waals surface area contributed by atoms with Gasteiger partial charge in [0.25, 0.3) is 15.7 Å². The largest absolute Gasteiger partial charge is 0.506 e. The van der Waals surface area contributed by atoms with Crippen molar-refractivity contribution in [3.8, 4) is 0 Å². The number of anilines is 2. The van der Waals surface area contributed by atoms with Gasteiger partial charge < -0.3 is 10.4 Å². The summed E-state index contributed by atoms with van der Waals surface area (Å²) in [7, 11) is -4.39. The number of rotatable bonds is 4. The second-order valence-electron chi connectivity index (χ2n) is 9.22. The second-order valence-corrected chi connectivity index (χ2v) is 10.6. The molecule has 0 saturated heterocycles. The van der Waals surface area contributed by atoms with Crippen molar-refractivity contribution in [2.24, 2.45) is 0 Å². The highest BCUT2D eigenvalue weighted by Gasteiger charge is 2.19. The molecule has 3 N–H and O–H groups in total. The summed E-state index contributed by atoms with van der Waals surface area (Å²) in [5.74, 6) is -0.241. The van der Waals surface area contributed by atoms with Gasteiger partial charge in [-0.1, -0.05) is 54.6 Å². The Morgan fingerprint density at radius 2 is 1.54 bits per heavy atom. The summed E-state index contributed by atoms with van der Waals surface area (Å²) in [5.41, 5.74) is 1.04. The van der Waals surface area contributed by atoms with Crippen LogP contribution < -0.4 is 21.5 Å². The maximum atomic E-state index is 13.9. The van der Waals surface area contributed by atoms with Gasteiger partial charge in [-0.15, -0.1) is 0 Å². The van der Waals surface area contributed by atoms with Crippen molar-refractivity contribution in [2.45, 2.75) is 11.8 Å². The fourth-order valence-corrected chi connectivity index (χ4v) is 5.82. The fourth-order valence-electron chi connectivity index (χ4n) is 5.11. The van der Waals surface area contributed by atoms with Crippen LogP contribution in [-0.2, 0) is 10.1 Å². The number of nitrogens with one attached hydrogen (secondary N) is 1. The Bertz CT molecular complexity index is 2290. The van der Waals surface area contributed by atoms with Gasteiger partial charge in [-0.25, -0.2) is 4.98 Å². The van der Waals surface area contributed by atoms with E-state index in [1.165, 1.54) is 12.1 Å². The predicted molar refractivity (Wildman–Crippen MR) is 149 cm³/mol. The summed E-state index contributed by atoms with van der Waals surface area (Å²) in [6, 6.07) is 23.1. The van der Waals surface area contributed by atoms with Gasteiger partial charge in [0, 0.05) is 27.1 Å². The third-order valence-corrected chi connectivity index (χ3v) is 7.82. The zero-order valence-electron chi connectivity index (χ0n) is 20.5. The number of aliphatic hydroxyl groups excluding tert-OH is 1. The third kappa shape index (κ3) is 3.96. The summed E-state index contributed by atoms with van der Waals surface area (Å²) in [4.78, 5) is 31.2. The maximum Gasteiger partial charge on any atom is 0.294 e. The lowest BCUT2D eigenvalue weighted by Crippen LogP contribution is -2.33. The first-order chi connectivity index (χ1) is 18.6. The standard InChI is InChI=1S/C30H20N2O6S/c1-16-15-18(11-14-23(16)39(36,37)38)31-22-13-12-21-25-24(19-9-5-6-10-20(19)29(34)26(22)25)27(30(35)32-21)28(33)17-7-3-2-4-8-17/h2-15,31,33H,1H3,(H,36,37,38)/b28-27+. The quantitative estimate of drug-likeness (QED) is 0.288. The highest BCUT2D eigenvalue weighted by atomic mass is 32.2. The minimum atomic E-state index is -4.39. The Morgan fingerprint density at radius 1 is 0.846 bits per heavy atom. The first kappa shape index (κ1) is 24.5. The van der Waals surface area contributed by atoms with E-state index in [1.807, 2.05) is 0 Å². The number of aryl methyl sites for hydroxylation is 1. The van der Waals surface area contributed by atoms with E-state index in [-0.39, 0.29) is 26.7 Å². The lowest BCUT2D eigenvalue weighted by molar-refractivity contribution is 0.482. The van der Waals surface area contributed by atoms with E-state index in [9.17, 15) is 27.7 Å². The Hall–Kier alpha value is -4.86. The van der Waals surface area contributed by atoms with Crippen LogP contribution in [0.2, 0.25) is 0 Å². The normalized spacial score (nSPS) is 12.8. The molecule has 0 atom stereocenters. The molecule has 0 fully saturated rings. The molecule has 0 radical (unpaired) electrons. The second kappa shape index (κ2) is 8.87. The Labute approximate surface area is 221 Å². The molecule has 4 aromatic rings. The average molecular weight is 537 g/mol. The van der Waals surface area contributed by atoms with Crippen LogP contribution >= 0.6 is 0 Å². The molecule has 4 aromatic carbocycles. The number of hydrogen-bond donors (Lipinski definition) is 3. The van der Waals surface area contributed by atoms with Gasteiger partial charge in [0.15, 0.2) is 5.43 Å². The van der Waals surface area contributed by atoms with Crippen LogP contribution in [0.4, 0.5) is 11.4 Å². The zero-order chi connectivity index (χ0) is 27.5. The van der Waals surface area contributed by atoms with E-state index in [0.717, 1.165) is 0 Å². The molecule has 0 saturated carbocycles. The van der Waals surface area contributed by atoms with Crippen LogP contribution in [0, 0.1) is 17.4 Å². The van der Waals surface area contributed by atoms with Gasteiger partial charge in [-0.05, 0) is 48.2 Å². The van der Waals surface area contributed by atoms with Crippen LogP contribution in [0.15, 0.2) is 99.4 Å². The van der Waals surface area contributed by atoms with Crippen molar-refractivity contribution in [3.05, 3.63) is 132 Å². The first-order valence-corrected chi connectivity index (χ1v) is 13.4. The molecule has 0 bridgehead atoms. The molecule has 1 aliphatic carbocycles. The number of nitrogens with zero attached hydrogens (tertiary/aromatic N) is 1. The monoisotopic (exact) mass is 536 g/mol. The molecule has 0 spiro atoms. The van der Waals surface area contributed by atoms with Gasteiger partial charge in [0.05, 0.1) is 26.7 Å². The van der Waals surface area contributed by atoms with E-state index in [0.29, 0.717) is 49.2 Å². The van der Waals surface area contributed by atoms with Crippen LogP contribution in [0.25, 0.3) is 27.4 Å². The van der Waals surface area contributed by atoms with Crippen molar-refractivity contribution in [1.29, 1.82) is 0 Å². The Balaban J connectivity index is 1.76. The number of aromatic nitrogens is 1. The maximum absolute atomic E-state index is 13.9. The summed E-state index contributed by atoms with van der Waals surface area (Å²) in [6.07, 6.45) is 0. The zero-order valence-corrected chi connectivity index (χ0v) is 21.3. The SMILES string of the molecule is Cc1cc(Nc2ccc3nc(=O)/c(=C(/O)c4ccccc4)c4c5ccccc5c(=O)c2c3=4)ccc1S(=O)(=O)O. The van der Waals surface area contributed by atoms with Crippen molar-refractivity contribution in [2.75, 3.05) is 5.32 Å². The molecule has 0 unspecified atom stereocenters. The minimum absolute atomic E-state index is 0.000370.